The Balaban J connectivity index is 1.64. The Kier molecular flexibility index (Phi) is 2.78. The molecule has 0 aromatic rings. The molecule has 1 atom stereocenters. The van der Waals surface area contributed by atoms with E-state index in [9.17, 15) is 0 Å². The maximum absolute atomic E-state index is 6.10. The van der Waals surface area contributed by atoms with Crippen LogP contribution in [-0.2, 0) is 0 Å². The Labute approximate surface area is 100 Å². The van der Waals surface area contributed by atoms with E-state index in [1.165, 1.54) is 12.8 Å². The van der Waals surface area contributed by atoms with E-state index >= 15 is 0 Å². The highest BCUT2D eigenvalue weighted by Crippen LogP contribution is 2.61. The van der Waals surface area contributed by atoms with E-state index in [4.69, 9.17) is 5.73 Å². The summed E-state index contributed by atoms with van der Waals surface area (Å²) in [7, 11) is 0. The quantitative estimate of drug-likeness (QED) is 0.769. The van der Waals surface area contributed by atoms with Crippen molar-refractivity contribution in [3.05, 3.63) is 0 Å². The lowest BCUT2D eigenvalue weighted by Crippen LogP contribution is -2.46. The zero-order valence-corrected chi connectivity index (χ0v) is 10.8. The van der Waals surface area contributed by atoms with Crippen molar-refractivity contribution in [3.8, 4) is 0 Å². The van der Waals surface area contributed by atoms with Crippen molar-refractivity contribution in [3.63, 3.8) is 0 Å². The van der Waals surface area contributed by atoms with Crippen LogP contribution in [0.3, 0.4) is 0 Å². The van der Waals surface area contributed by atoms with Crippen LogP contribution in [0.1, 0.15) is 64.7 Å². The van der Waals surface area contributed by atoms with E-state index in [0.29, 0.717) is 6.04 Å². The summed E-state index contributed by atoms with van der Waals surface area (Å²) in [5.41, 5.74) is 6.85. The van der Waals surface area contributed by atoms with Gasteiger partial charge in [-0.15, -0.1) is 0 Å². The smallest absolute Gasteiger partial charge is 0.00364 e. The largest absolute Gasteiger partial charge is 0.328 e. The van der Waals surface area contributed by atoms with Gasteiger partial charge in [-0.05, 0) is 81.0 Å². The first-order valence-electron chi connectivity index (χ1n) is 7.45. The third-order valence-electron chi connectivity index (χ3n) is 5.73. The van der Waals surface area contributed by atoms with E-state index in [1.54, 1.807) is 38.5 Å². The fourth-order valence-electron chi connectivity index (χ4n) is 5.29. The monoisotopic (exact) mass is 221 g/mol. The van der Waals surface area contributed by atoms with Crippen molar-refractivity contribution in [2.45, 2.75) is 70.8 Å². The lowest BCUT2D eigenvalue weighted by atomic mass is 9.48. The Morgan fingerprint density at radius 1 is 1.06 bits per heavy atom. The van der Waals surface area contributed by atoms with Crippen LogP contribution in [-0.4, -0.2) is 6.04 Å². The molecule has 0 aromatic carbocycles. The molecule has 92 valence electrons. The Morgan fingerprint density at radius 2 is 1.56 bits per heavy atom. The average molecular weight is 221 g/mol. The van der Waals surface area contributed by atoms with Gasteiger partial charge in [0, 0.05) is 6.04 Å². The molecule has 4 saturated carbocycles. The Morgan fingerprint density at radius 3 is 2.00 bits per heavy atom. The van der Waals surface area contributed by atoms with Crippen LogP contribution >= 0.6 is 0 Å². The van der Waals surface area contributed by atoms with Gasteiger partial charge >= 0.3 is 0 Å². The molecule has 0 amide bonds. The molecular formula is C15H27N. The van der Waals surface area contributed by atoms with Crippen molar-refractivity contribution >= 4 is 0 Å². The van der Waals surface area contributed by atoms with E-state index in [-0.39, 0.29) is 0 Å². The third kappa shape index (κ3) is 1.92. The standard InChI is InChI=1S/C15H27N/c1-2-14(16)3-4-15-8-11-5-12(9-15)7-13(6-11)10-15/h11-14H,2-10,16H2,1H3. The fraction of sp³-hybridized carbons (Fsp3) is 1.00. The highest BCUT2D eigenvalue weighted by atomic mass is 14.6. The summed E-state index contributed by atoms with van der Waals surface area (Å²) in [4.78, 5) is 0. The molecular weight excluding hydrogens is 194 g/mol. The number of hydrogen-bond donors (Lipinski definition) is 1. The second kappa shape index (κ2) is 4.01. The highest BCUT2D eigenvalue weighted by Gasteiger charge is 2.50. The van der Waals surface area contributed by atoms with Crippen molar-refractivity contribution in [1.29, 1.82) is 0 Å². The van der Waals surface area contributed by atoms with Crippen LogP contribution in [0.5, 0.6) is 0 Å². The van der Waals surface area contributed by atoms with Crippen LogP contribution in [0.2, 0.25) is 0 Å². The summed E-state index contributed by atoms with van der Waals surface area (Å²) in [5, 5.41) is 0. The molecule has 1 nitrogen and oxygen atoms in total. The van der Waals surface area contributed by atoms with Gasteiger partial charge < -0.3 is 5.73 Å². The van der Waals surface area contributed by atoms with Gasteiger partial charge in [0.1, 0.15) is 0 Å². The van der Waals surface area contributed by atoms with Crippen molar-refractivity contribution in [2.24, 2.45) is 28.9 Å². The molecule has 4 aliphatic carbocycles. The molecule has 0 radical (unpaired) electrons. The predicted octanol–water partition coefficient (Wildman–Crippen LogP) is 3.72. The van der Waals surface area contributed by atoms with Crippen LogP contribution in [0.25, 0.3) is 0 Å². The SMILES string of the molecule is CCC(N)CCC12CC3CC(CC(C3)C1)C2. The fourth-order valence-corrected chi connectivity index (χ4v) is 5.29. The normalized spacial score (nSPS) is 47.2. The van der Waals surface area contributed by atoms with Gasteiger partial charge in [0.2, 0.25) is 0 Å². The summed E-state index contributed by atoms with van der Waals surface area (Å²) < 4.78 is 0. The first-order valence-corrected chi connectivity index (χ1v) is 7.45. The molecule has 0 aromatic heterocycles. The summed E-state index contributed by atoms with van der Waals surface area (Å²) >= 11 is 0. The van der Waals surface area contributed by atoms with Gasteiger partial charge in [0.25, 0.3) is 0 Å². The summed E-state index contributed by atoms with van der Waals surface area (Å²) in [6.07, 6.45) is 13.2. The van der Waals surface area contributed by atoms with Crippen LogP contribution in [0.4, 0.5) is 0 Å². The number of hydrogen-bond acceptors (Lipinski definition) is 1. The minimum Gasteiger partial charge on any atom is -0.328 e. The molecule has 1 heteroatoms. The maximum Gasteiger partial charge on any atom is 0.00364 e. The van der Waals surface area contributed by atoms with Gasteiger partial charge in [0.05, 0.1) is 0 Å². The predicted molar refractivity (Wildman–Crippen MR) is 68.1 cm³/mol. The molecule has 2 N–H and O–H groups in total. The molecule has 16 heavy (non-hydrogen) atoms. The van der Waals surface area contributed by atoms with E-state index in [0.717, 1.165) is 29.6 Å². The van der Waals surface area contributed by atoms with Crippen LogP contribution in [0, 0.1) is 23.2 Å². The van der Waals surface area contributed by atoms with Crippen LogP contribution < -0.4 is 5.73 Å². The second-order valence-electron chi connectivity index (χ2n) is 7.12. The number of rotatable bonds is 4. The first kappa shape index (κ1) is 11.1. The van der Waals surface area contributed by atoms with Gasteiger partial charge in [0.15, 0.2) is 0 Å². The Hall–Kier alpha value is -0.0400. The van der Waals surface area contributed by atoms with E-state index < -0.39 is 0 Å². The molecule has 1 unspecified atom stereocenters. The van der Waals surface area contributed by atoms with Crippen molar-refractivity contribution in [1.82, 2.24) is 0 Å². The maximum atomic E-state index is 6.10. The van der Waals surface area contributed by atoms with E-state index in [1.807, 2.05) is 0 Å². The first-order chi connectivity index (χ1) is 7.69. The minimum atomic E-state index is 0.466. The molecule has 4 aliphatic rings. The number of nitrogens with two attached hydrogens (primary N) is 1. The molecule has 0 spiro atoms. The molecule has 0 saturated heterocycles. The topological polar surface area (TPSA) is 26.0 Å². The summed E-state index contributed by atoms with van der Waals surface area (Å²) in [5.74, 6) is 3.30. The summed E-state index contributed by atoms with van der Waals surface area (Å²) in [6, 6.07) is 0.466. The molecule has 0 aliphatic heterocycles. The molecule has 0 heterocycles. The van der Waals surface area contributed by atoms with Gasteiger partial charge in [-0.1, -0.05) is 6.92 Å². The molecule has 4 rings (SSSR count). The van der Waals surface area contributed by atoms with Crippen molar-refractivity contribution in [2.75, 3.05) is 0 Å². The lowest BCUT2D eigenvalue weighted by Gasteiger charge is -2.57. The van der Waals surface area contributed by atoms with Crippen LogP contribution in [0.15, 0.2) is 0 Å². The molecule has 4 bridgehead atoms. The average Bonchev–Trinajstić information content (AvgIpc) is 2.24. The van der Waals surface area contributed by atoms with Gasteiger partial charge in [-0.3, -0.25) is 0 Å². The second-order valence-corrected chi connectivity index (χ2v) is 7.12. The Bertz CT molecular complexity index is 223. The lowest BCUT2D eigenvalue weighted by molar-refractivity contribution is -0.0588. The minimum absolute atomic E-state index is 0.466. The van der Waals surface area contributed by atoms with Crippen molar-refractivity contribution < 1.29 is 0 Å². The summed E-state index contributed by atoms with van der Waals surface area (Å²) in [6.45, 7) is 2.23. The third-order valence-corrected chi connectivity index (χ3v) is 5.73. The highest BCUT2D eigenvalue weighted by molar-refractivity contribution is 5.01. The zero-order chi connectivity index (χ0) is 11.2. The van der Waals surface area contributed by atoms with Gasteiger partial charge in [-0.2, -0.15) is 0 Å². The van der Waals surface area contributed by atoms with Gasteiger partial charge in [-0.25, -0.2) is 0 Å². The zero-order valence-electron chi connectivity index (χ0n) is 10.8. The molecule has 4 fully saturated rings. The van der Waals surface area contributed by atoms with E-state index in [2.05, 4.69) is 6.92 Å².